The molecule has 1 heterocycles. The van der Waals surface area contributed by atoms with E-state index in [0.717, 1.165) is 11.1 Å². The highest BCUT2D eigenvalue weighted by atomic mass is 16.5. The van der Waals surface area contributed by atoms with E-state index in [4.69, 9.17) is 4.74 Å². The quantitative estimate of drug-likeness (QED) is 0.802. The number of H-pyrrole nitrogens is 1. The highest BCUT2D eigenvalue weighted by molar-refractivity contribution is 5.39. The second kappa shape index (κ2) is 4.19. The summed E-state index contributed by atoms with van der Waals surface area (Å²) in [5.74, 6) is 0.700. The summed E-state index contributed by atoms with van der Waals surface area (Å²) >= 11 is 0. The van der Waals surface area contributed by atoms with E-state index in [2.05, 4.69) is 4.98 Å². The van der Waals surface area contributed by atoms with Crippen molar-refractivity contribution in [3.63, 3.8) is 0 Å². The minimum absolute atomic E-state index is 0.646. The third-order valence-corrected chi connectivity index (χ3v) is 2.37. The first kappa shape index (κ1) is 9.80. The molecular weight excluding hydrogens is 190 g/mol. The lowest BCUT2D eigenvalue weighted by Crippen LogP contribution is -2.00. The van der Waals surface area contributed by atoms with Gasteiger partial charge in [0.15, 0.2) is 0 Å². The fourth-order valence-corrected chi connectivity index (χ4v) is 1.58. The van der Waals surface area contributed by atoms with Gasteiger partial charge in [-0.2, -0.15) is 0 Å². The van der Waals surface area contributed by atoms with Crippen molar-refractivity contribution in [2.24, 2.45) is 0 Å². The van der Waals surface area contributed by atoms with Gasteiger partial charge >= 0.3 is 0 Å². The molecule has 0 amide bonds. The summed E-state index contributed by atoms with van der Waals surface area (Å²) < 4.78 is 5.19. The summed E-state index contributed by atoms with van der Waals surface area (Å²) in [4.78, 5) is 2.92. The molecule has 1 unspecified atom stereocenters. The molecule has 0 spiro atoms. The van der Waals surface area contributed by atoms with Crippen LogP contribution in [0.15, 0.2) is 42.7 Å². The van der Waals surface area contributed by atoms with Crippen molar-refractivity contribution in [1.29, 1.82) is 0 Å². The maximum Gasteiger partial charge on any atom is 0.125 e. The number of nitrogens with one attached hydrogen (secondary N) is 1. The molecule has 15 heavy (non-hydrogen) atoms. The number of methoxy groups -OCH3 is 1. The SMILES string of the molecule is COc1ccccc1C(O)c1cc[nH]c1. The Kier molecular flexibility index (Phi) is 2.74. The minimum atomic E-state index is -0.646. The van der Waals surface area contributed by atoms with Crippen molar-refractivity contribution in [2.75, 3.05) is 7.11 Å². The molecule has 2 rings (SSSR count). The molecule has 0 saturated carbocycles. The summed E-state index contributed by atoms with van der Waals surface area (Å²) in [6, 6.07) is 9.30. The zero-order valence-electron chi connectivity index (χ0n) is 8.47. The van der Waals surface area contributed by atoms with Gasteiger partial charge in [0.1, 0.15) is 11.9 Å². The minimum Gasteiger partial charge on any atom is -0.496 e. The largest absolute Gasteiger partial charge is 0.496 e. The topological polar surface area (TPSA) is 45.2 Å². The molecule has 3 heteroatoms. The van der Waals surface area contributed by atoms with Crippen molar-refractivity contribution >= 4 is 0 Å². The monoisotopic (exact) mass is 203 g/mol. The number of aliphatic hydroxyl groups is 1. The number of hydrogen-bond acceptors (Lipinski definition) is 2. The normalized spacial score (nSPS) is 12.4. The smallest absolute Gasteiger partial charge is 0.125 e. The summed E-state index contributed by atoms with van der Waals surface area (Å²) in [5, 5.41) is 10.1. The summed E-state index contributed by atoms with van der Waals surface area (Å²) in [7, 11) is 1.60. The van der Waals surface area contributed by atoms with Gasteiger partial charge in [-0.05, 0) is 12.1 Å². The Morgan fingerprint density at radius 2 is 2.07 bits per heavy atom. The van der Waals surface area contributed by atoms with Crippen molar-refractivity contribution in [3.8, 4) is 5.75 Å². The Labute approximate surface area is 88.3 Å². The van der Waals surface area contributed by atoms with Crippen LogP contribution >= 0.6 is 0 Å². The zero-order valence-corrected chi connectivity index (χ0v) is 8.47. The van der Waals surface area contributed by atoms with E-state index in [1.807, 2.05) is 30.3 Å². The van der Waals surface area contributed by atoms with E-state index in [-0.39, 0.29) is 0 Å². The second-order valence-electron chi connectivity index (χ2n) is 3.29. The van der Waals surface area contributed by atoms with Gasteiger partial charge in [-0.15, -0.1) is 0 Å². The molecule has 0 saturated heterocycles. The van der Waals surface area contributed by atoms with Crippen LogP contribution in [0.2, 0.25) is 0 Å². The Morgan fingerprint density at radius 1 is 1.27 bits per heavy atom. The maximum atomic E-state index is 10.1. The number of aliphatic hydroxyl groups excluding tert-OH is 1. The summed E-state index contributed by atoms with van der Waals surface area (Å²) in [6.45, 7) is 0. The van der Waals surface area contributed by atoms with E-state index in [1.54, 1.807) is 19.5 Å². The van der Waals surface area contributed by atoms with Crippen LogP contribution in [0.5, 0.6) is 5.75 Å². The first-order chi connectivity index (χ1) is 7.33. The van der Waals surface area contributed by atoms with Crippen molar-refractivity contribution < 1.29 is 9.84 Å². The molecule has 1 aromatic carbocycles. The van der Waals surface area contributed by atoms with Crippen molar-refractivity contribution in [2.45, 2.75) is 6.10 Å². The van der Waals surface area contributed by atoms with E-state index in [1.165, 1.54) is 0 Å². The molecule has 3 nitrogen and oxygen atoms in total. The Hall–Kier alpha value is -1.74. The number of ether oxygens (including phenoxy) is 1. The number of rotatable bonds is 3. The molecule has 2 aromatic rings. The van der Waals surface area contributed by atoms with Crippen LogP contribution < -0.4 is 4.74 Å². The Morgan fingerprint density at radius 3 is 2.73 bits per heavy atom. The molecule has 0 aliphatic carbocycles. The number of aromatic amines is 1. The molecule has 0 fully saturated rings. The van der Waals surface area contributed by atoms with Crippen LogP contribution in [0.4, 0.5) is 0 Å². The summed E-state index contributed by atoms with van der Waals surface area (Å²) in [5.41, 5.74) is 1.61. The molecule has 1 atom stereocenters. The van der Waals surface area contributed by atoms with Gasteiger partial charge in [0, 0.05) is 23.5 Å². The number of para-hydroxylation sites is 1. The number of aromatic nitrogens is 1. The van der Waals surface area contributed by atoms with Gasteiger partial charge in [0.05, 0.1) is 7.11 Å². The van der Waals surface area contributed by atoms with E-state index >= 15 is 0 Å². The van der Waals surface area contributed by atoms with Gasteiger partial charge in [0.2, 0.25) is 0 Å². The van der Waals surface area contributed by atoms with Crippen molar-refractivity contribution in [3.05, 3.63) is 53.9 Å². The lowest BCUT2D eigenvalue weighted by atomic mass is 10.0. The Bertz CT molecular complexity index is 423. The molecule has 2 N–H and O–H groups in total. The van der Waals surface area contributed by atoms with Gasteiger partial charge in [-0.1, -0.05) is 18.2 Å². The number of benzene rings is 1. The van der Waals surface area contributed by atoms with Crippen LogP contribution in [0.1, 0.15) is 17.2 Å². The number of hydrogen-bond donors (Lipinski definition) is 2. The standard InChI is InChI=1S/C12H13NO2/c1-15-11-5-3-2-4-10(11)12(14)9-6-7-13-8-9/h2-8,12-14H,1H3. The van der Waals surface area contributed by atoms with Crippen LogP contribution in [-0.2, 0) is 0 Å². The van der Waals surface area contributed by atoms with Gasteiger partial charge in [-0.3, -0.25) is 0 Å². The predicted octanol–water partition coefficient (Wildman–Crippen LogP) is 2.10. The molecular formula is C12H13NO2. The van der Waals surface area contributed by atoms with Gasteiger partial charge in [-0.25, -0.2) is 0 Å². The van der Waals surface area contributed by atoms with Crippen LogP contribution in [-0.4, -0.2) is 17.2 Å². The van der Waals surface area contributed by atoms with Crippen LogP contribution in [0.3, 0.4) is 0 Å². The first-order valence-corrected chi connectivity index (χ1v) is 4.76. The van der Waals surface area contributed by atoms with E-state index < -0.39 is 6.10 Å². The predicted molar refractivity (Wildman–Crippen MR) is 57.8 cm³/mol. The van der Waals surface area contributed by atoms with Crippen LogP contribution in [0, 0.1) is 0 Å². The molecule has 0 bridgehead atoms. The van der Waals surface area contributed by atoms with Gasteiger partial charge in [0.25, 0.3) is 0 Å². The van der Waals surface area contributed by atoms with E-state index in [0.29, 0.717) is 5.75 Å². The second-order valence-corrected chi connectivity index (χ2v) is 3.29. The third-order valence-electron chi connectivity index (χ3n) is 2.37. The molecule has 0 radical (unpaired) electrons. The van der Waals surface area contributed by atoms with E-state index in [9.17, 15) is 5.11 Å². The highest BCUT2D eigenvalue weighted by Crippen LogP contribution is 2.29. The Balaban J connectivity index is 2.37. The molecule has 0 aliphatic rings. The first-order valence-electron chi connectivity index (χ1n) is 4.76. The van der Waals surface area contributed by atoms with Crippen LogP contribution in [0.25, 0.3) is 0 Å². The molecule has 78 valence electrons. The lowest BCUT2D eigenvalue weighted by Gasteiger charge is -2.13. The van der Waals surface area contributed by atoms with Gasteiger partial charge < -0.3 is 14.8 Å². The highest BCUT2D eigenvalue weighted by Gasteiger charge is 2.14. The maximum absolute atomic E-state index is 10.1. The fraction of sp³-hybridized carbons (Fsp3) is 0.167. The lowest BCUT2D eigenvalue weighted by molar-refractivity contribution is 0.215. The molecule has 0 aliphatic heterocycles. The average Bonchev–Trinajstić information content (AvgIpc) is 2.81. The fourth-order valence-electron chi connectivity index (χ4n) is 1.58. The molecule has 1 aromatic heterocycles. The average molecular weight is 203 g/mol. The zero-order chi connectivity index (χ0) is 10.7. The summed E-state index contributed by atoms with van der Waals surface area (Å²) in [6.07, 6.45) is 2.91. The third kappa shape index (κ3) is 1.87. The van der Waals surface area contributed by atoms with Crippen molar-refractivity contribution in [1.82, 2.24) is 4.98 Å².